The zero-order chi connectivity index (χ0) is 32.8. The summed E-state index contributed by atoms with van der Waals surface area (Å²) < 4.78 is 0. The van der Waals surface area contributed by atoms with Crippen molar-refractivity contribution in [2.75, 3.05) is 4.90 Å². The lowest BCUT2D eigenvalue weighted by Crippen LogP contribution is -2.31. The average Bonchev–Trinajstić information content (AvgIpc) is 3.20. The van der Waals surface area contributed by atoms with Crippen molar-refractivity contribution in [1.82, 2.24) is 5.32 Å². The number of hydrogen-bond donors (Lipinski definition) is 1. The van der Waals surface area contributed by atoms with Gasteiger partial charge in [-0.1, -0.05) is 158 Å². The first-order valence-electron chi connectivity index (χ1n) is 16.7. The van der Waals surface area contributed by atoms with Gasteiger partial charge in [-0.15, -0.1) is 0 Å². The lowest BCUT2D eigenvalue weighted by molar-refractivity contribution is 0.781. The summed E-state index contributed by atoms with van der Waals surface area (Å²) in [4.78, 5) is 7.43. The molecular formula is C46H35N3. The maximum Gasteiger partial charge on any atom is 0.134 e. The van der Waals surface area contributed by atoms with Gasteiger partial charge in [0.25, 0.3) is 0 Å². The van der Waals surface area contributed by atoms with E-state index in [-0.39, 0.29) is 6.04 Å². The molecular weight excluding hydrogens is 595 g/mol. The topological polar surface area (TPSA) is 27.6 Å². The summed E-state index contributed by atoms with van der Waals surface area (Å²) in [7, 11) is 0. The summed E-state index contributed by atoms with van der Waals surface area (Å²) in [6.45, 7) is 0. The third kappa shape index (κ3) is 6.56. The van der Waals surface area contributed by atoms with E-state index in [4.69, 9.17) is 4.99 Å². The molecule has 1 unspecified atom stereocenters. The Morgan fingerprint density at radius 1 is 0.367 bits per heavy atom. The van der Waals surface area contributed by atoms with Gasteiger partial charge in [0.05, 0.1) is 11.7 Å². The highest BCUT2D eigenvalue weighted by Gasteiger charge is 2.20. The van der Waals surface area contributed by atoms with Crippen LogP contribution in [-0.2, 0) is 0 Å². The second-order valence-electron chi connectivity index (χ2n) is 12.1. The molecule has 7 aromatic carbocycles. The highest BCUT2D eigenvalue weighted by Crippen LogP contribution is 2.36. The third-order valence-corrected chi connectivity index (χ3v) is 8.94. The van der Waals surface area contributed by atoms with Gasteiger partial charge in [0.15, 0.2) is 0 Å². The maximum absolute atomic E-state index is 5.15. The summed E-state index contributed by atoms with van der Waals surface area (Å²) >= 11 is 0. The van der Waals surface area contributed by atoms with Crippen LogP contribution < -0.4 is 10.2 Å². The van der Waals surface area contributed by atoms with Crippen LogP contribution in [0.15, 0.2) is 205 Å². The number of hydrogen-bond acceptors (Lipinski definition) is 3. The molecule has 0 bridgehead atoms. The number of para-hydroxylation sites is 2. The normalized spacial score (nSPS) is 13.9. The molecule has 0 radical (unpaired) electrons. The first kappa shape index (κ1) is 29.9. The van der Waals surface area contributed by atoms with E-state index >= 15 is 0 Å². The fourth-order valence-electron chi connectivity index (χ4n) is 6.37. The zero-order valence-electron chi connectivity index (χ0n) is 27.0. The second-order valence-corrected chi connectivity index (χ2v) is 12.1. The molecule has 0 fully saturated rings. The highest BCUT2D eigenvalue weighted by atomic mass is 15.1. The predicted octanol–water partition coefficient (Wildman–Crippen LogP) is 11.6. The molecule has 0 amide bonds. The Balaban J connectivity index is 1.07. The van der Waals surface area contributed by atoms with Crippen molar-refractivity contribution in [2.45, 2.75) is 6.04 Å². The van der Waals surface area contributed by atoms with Gasteiger partial charge in [-0.3, -0.25) is 0 Å². The van der Waals surface area contributed by atoms with Crippen LogP contribution in [0, 0.1) is 0 Å². The molecule has 1 atom stereocenters. The van der Waals surface area contributed by atoms with Crippen molar-refractivity contribution < 1.29 is 0 Å². The Bertz CT molecular complexity index is 2150. The molecule has 7 aromatic rings. The minimum absolute atomic E-state index is 0.00176. The number of rotatable bonds is 8. The molecule has 1 aliphatic rings. The van der Waals surface area contributed by atoms with Crippen LogP contribution >= 0.6 is 0 Å². The number of nitrogens with one attached hydrogen (secondary N) is 1. The molecule has 0 saturated carbocycles. The lowest BCUT2D eigenvalue weighted by atomic mass is 9.98. The quantitative estimate of drug-likeness (QED) is 0.181. The van der Waals surface area contributed by atoms with E-state index in [0.29, 0.717) is 0 Å². The molecule has 0 saturated heterocycles. The Hall–Kier alpha value is -6.45. The number of nitrogens with zero attached hydrogens (tertiary/aromatic N) is 2. The fraction of sp³-hybridized carbons (Fsp3) is 0.0217. The molecule has 3 nitrogen and oxygen atoms in total. The number of anilines is 3. The maximum atomic E-state index is 5.15. The molecule has 0 spiro atoms. The van der Waals surface area contributed by atoms with E-state index in [9.17, 15) is 0 Å². The fourth-order valence-corrected chi connectivity index (χ4v) is 6.37. The first-order chi connectivity index (χ1) is 24.3. The molecule has 234 valence electrons. The van der Waals surface area contributed by atoms with Crippen LogP contribution in [0.3, 0.4) is 0 Å². The van der Waals surface area contributed by atoms with Gasteiger partial charge in [-0.25, -0.2) is 4.99 Å². The Morgan fingerprint density at radius 2 is 0.755 bits per heavy atom. The van der Waals surface area contributed by atoms with Gasteiger partial charge in [0.1, 0.15) is 5.84 Å². The Morgan fingerprint density at radius 3 is 1.29 bits per heavy atom. The van der Waals surface area contributed by atoms with Crippen LogP contribution in [0.2, 0.25) is 0 Å². The Labute approximate surface area is 288 Å². The smallest absolute Gasteiger partial charge is 0.134 e. The second kappa shape index (κ2) is 13.7. The average molecular weight is 630 g/mol. The number of aliphatic imine (C=N–C) groups is 1. The minimum atomic E-state index is 0.00176. The van der Waals surface area contributed by atoms with Gasteiger partial charge in [-0.05, 0) is 75.9 Å². The van der Waals surface area contributed by atoms with Crippen molar-refractivity contribution in [3.8, 4) is 22.3 Å². The number of benzene rings is 7. The van der Waals surface area contributed by atoms with Crippen molar-refractivity contribution in [1.29, 1.82) is 0 Å². The van der Waals surface area contributed by atoms with E-state index in [2.05, 4.69) is 204 Å². The van der Waals surface area contributed by atoms with E-state index in [1.807, 2.05) is 6.07 Å². The van der Waals surface area contributed by atoms with E-state index < -0.39 is 0 Å². The van der Waals surface area contributed by atoms with Gasteiger partial charge >= 0.3 is 0 Å². The van der Waals surface area contributed by atoms with Gasteiger partial charge in [0.2, 0.25) is 0 Å². The van der Waals surface area contributed by atoms with Crippen molar-refractivity contribution in [2.24, 2.45) is 4.99 Å². The predicted molar refractivity (Wildman–Crippen MR) is 205 cm³/mol. The molecule has 0 aliphatic carbocycles. The zero-order valence-corrected chi connectivity index (χ0v) is 27.0. The SMILES string of the molecule is C1=C(c2ccc(-c3ccccc3)cc2)N=C(c2ccc(-c3ccc(N(c4ccccc4)c4ccccc4)cc3)cc2)NC1c1ccccc1. The van der Waals surface area contributed by atoms with E-state index in [0.717, 1.165) is 50.8 Å². The van der Waals surface area contributed by atoms with Crippen molar-refractivity contribution >= 4 is 28.6 Å². The monoisotopic (exact) mass is 629 g/mol. The lowest BCUT2D eigenvalue weighted by Gasteiger charge is -2.25. The number of amidine groups is 1. The van der Waals surface area contributed by atoms with Gasteiger partial charge in [-0.2, -0.15) is 0 Å². The third-order valence-electron chi connectivity index (χ3n) is 8.94. The van der Waals surface area contributed by atoms with Gasteiger partial charge < -0.3 is 10.2 Å². The summed E-state index contributed by atoms with van der Waals surface area (Å²) in [6.07, 6.45) is 2.22. The molecule has 1 N–H and O–H groups in total. The standard InChI is InChI=1S/C46H35N3/c1-5-13-34(14-6-1)35-21-25-39(26-22-35)45-33-44(38-15-7-2-8-16-38)47-46(48-45)40-27-23-36(24-28-40)37-29-31-43(32-30-37)49(41-17-9-3-10-18-41)42-19-11-4-12-20-42/h1-33,44H,(H,47,48). The van der Waals surface area contributed by atoms with Gasteiger partial charge in [0, 0.05) is 22.6 Å². The van der Waals surface area contributed by atoms with Crippen molar-refractivity contribution in [3.63, 3.8) is 0 Å². The molecule has 1 heterocycles. The molecule has 0 aromatic heterocycles. The molecule has 8 rings (SSSR count). The van der Waals surface area contributed by atoms with E-state index in [1.54, 1.807) is 0 Å². The van der Waals surface area contributed by atoms with Crippen LogP contribution in [-0.4, -0.2) is 5.84 Å². The molecule has 1 aliphatic heterocycles. The van der Waals surface area contributed by atoms with Crippen LogP contribution in [0.5, 0.6) is 0 Å². The Kier molecular flexibility index (Phi) is 8.38. The van der Waals surface area contributed by atoms with Crippen molar-refractivity contribution in [3.05, 3.63) is 217 Å². The van der Waals surface area contributed by atoms with E-state index in [1.165, 1.54) is 16.7 Å². The minimum Gasteiger partial charge on any atom is -0.359 e. The van der Waals surface area contributed by atoms with Crippen LogP contribution in [0.4, 0.5) is 17.1 Å². The van der Waals surface area contributed by atoms with Crippen LogP contribution in [0.1, 0.15) is 22.7 Å². The summed E-state index contributed by atoms with van der Waals surface area (Å²) in [5.74, 6) is 0.863. The highest BCUT2D eigenvalue weighted by molar-refractivity contribution is 6.03. The molecule has 49 heavy (non-hydrogen) atoms. The summed E-state index contributed by atoms with van der Waals surface area (Å²) in [5.41, 5.74) is 12.4. The van der Waals surface area contributed by atoms with Crippen LogP contribution in [0.25, 0.3) is 28.0 Å². The summed E-state index contributed by atoms with van der Waals surface area (Å²) in [5, 5.41) is 3.70. The largest absolute Gasteiger partial charge is 0.359 e. The summed E-state index contributed by atoms with van der Waals surface area (Å²) in [6, 6.07) is 68.2. The molecule has 3 heteroatoms. The first-order valence-corrected chi connectivity index (χ1v) is 16.7.